The van der Waals surface area contributed by atoms with Crippen molar-refractivity contribution >= 4 is 74.4 Å². The molecule has 8 fully saturated rings. The first kappa shape index (κ1) is 40.9. The van der Waals surface area contributed by atoms with Gasteiger partial charge in [0.1, 0.15) is 0 Å². The Morgan fingerprint density at radius 1 is 0.429 bits per heavy atom. The van der Waals surface area contributed by atoms with Crippen molar-refractivity contribution in [2.24, 2.45) is 11.8 Å². The van der Waals surface area contributed by atoms with E-state index in [4.69, 9.17) is 0 Å². The zero-order valence-electron chi connectivity index (χ0n) is 20.8. The zero-order chi connectivity index (χ0) is 18.8. The van der Waals surface area contributed by atoms with Crippen LogP contribution in [0.25, 0.3) is 0 Å². The molecule has 0 radical (unpaired) electrons. The van der Waals surface area contributed by atoms with Crippen LogP contribution in [0.15, 0.2) is 0 Å². The average molecular weight is 627 g/mol. The summed E-state index contributed by atoms with van der Waals surface area (Å²) in [6.07, 6.45) is 5.81. The Balaban J connectivity index is -0.000000488. The van der Waals surface area contributed by atoms with E-state index >= 15 is 0 Å². The molecule has 0 aromatic carbocycles. The Morgan fingerprint density at radius 3 is 0.943 bits per heavy atom. The third-order valence-electron chi connectivity index (χ3n) is 8.48. The molecular formula is C22H50Cl6N6O. The van der Waals surface area contributed by atoms with Gasteiger partial charge in [-0.05, 0) is 63.7 Å². The molecule has 8 heterocycles. The lowest BCUT2D eigenvalue weighted by molar-refractivity contribution is 0.000608. The molecule has 2 atom stereocenters. The maximum Gasteiger partial charge on any atom is 0.0253 e. The zero-order valence-corrected chi connectivity index (χ0v) is 25.7. The average Bonchev–Trinajstić information content (AvgIpc) is 2.82. The molecule has 0 aromatic rings. The molecule has 35 heavy (non-hydrogen) atoms. The molecule has 8 saturated heterocycles. The molecule has 0 saturated carbocycles. The number of hydrogen-bond donors (Lipinski definition) is 2. The molecule has 8 rings (SSSR count). The van der Waals surface area contributed by atoms with E-state index in [2.05, 4.69) is 30.2 Å². The molecule has 4 bridgehead atoms. The normalized spacial score (nSPS) is 35.3. The molecule has 7 nitrogen and oxygen atoms in total. The Morgan fingerprint density at radius 2 is 0.714 bits per heavy atom. The largest absolute Gasteiger partial charge is 0.412 e. The van der Waals surface area contributed by atoms with Crippen molar-refractivity contribution in [3.63, 3.8) is 0 Å². The van der Waals surface area contributed by atoms with Gasteiger partial charge in [0.25, 0.3) is 0 Å². The number of fused-ring (bicyclic) bond motifs is 6. The molecule has 8 aliphatic rings. The first-order valence-corrected chi connectivity index (χ1v) is 12.2. The third-order valence-corrected chi connectivity index (χ3v) is 8.48. The van der Waals surface area contributed by atoms with Crippen LogP contribution in [0.4, 0.5) is 0 Å². The van der Waals surface area contributed by atoms with E-state index in [0.29, 0.717) is 0 Å². The minimum Gasteiger partial charge on any atom is -0.412 e. The summed E-state index contributed by atoms with van der Waals surface area (Å²) in [5, 5.41) is 6.89. The molecule has 2 unspecified atom stereocenters. The van der Waals surface area contributed by atoms with Crippen molar-refractivity contribution in [3.05, 3.63) is 0 Å². The molecule has 216 valence electrons. The predicted molar refractivity (Wildman–Crippen MR) is 162 cm³/mol. The smallest absolute Gasteiger partial charge is 0.0253 e. The Kier molecular flexibility index (Phi) is 23.8. The van der Waals surface area contributed by atoms with E-state index in [1.54, 1.807) is 0 Å². The van der Waals surface area contributed by atoms with Gasteiger partial charge in [0.15, 0.2) is 0 Å². The standard InChI is InChI=1S/2C11H21N3.6ClH.H2O/c2*1-5-13-6-2-10(1)11(9-13)14-7-3-12-4-8-14;;;;;;;/h2*10-12H,1-9H2;6*1H;1H2. The van der Waals surface area contributed by atoms with E-state index in [-0.39, 0.29) is 79.9 Å². The minimum atomic E-state index is 0. The summed E-state index contributed by atoms with van der Waals surface area (Å²) in [4.78, 5) is 10.8. The van der Waals surface area contributed by atoms with Gasteiger partial charge >= 0.3 is 0 Å². The van der Waals surface area contributed by atoms with E-state index in [9.17, 15) is 0 Å². The fraction of sp³-hybridized carbons (Fsp3) is 1.00. The summed E-state index contributed by atoms with van der Waals surface area (Å²) >= 11 is 0. The number of nitrogens with one attached hydrogen (secondary N) is 2. The van der Waals surface area contributed by atoms with Crippen LogP contribution in [-0.2, 0) is 0 Å². The fourth-order valence-corrected chi connectivity index (χ4v) is 6.72. The quantitative estimate of drug-likeness (QED) is 0.486. The van der Waals surface area contributed by atoms with Gasteiger partial charge in [0, 0.05) is 77.5 Å². The van der Waals surface area contributed by atoms with Gasteiger partial charge in [-0.1, -0.05) is 0 Å². The van der Waals surface area contributed by atoms with Crippen molar-refractivity contribution in [2.75, 3.05) is 91.6 Å². The highest BCUT2D eigenvalue weighted by Crippen LogP contribution is 2.31. The Hall–Kier alpha value is 1.46. The summed E-state index contributed by atoms with van der Waals surface area (Å²) in [5.74, 6) is 2.02. The van der Waals surface area contributed by atoms with Gasteiger partial charge in [-0.3, -0.25) is 9.80 Å². The van der Waals surface area contributed by atoms with Gasteiger partial charge in [0.05, 0.1) is 0 Å². The van der Waals surface area contributed by atoms with Crippen molar-refractivity contribution < 1.29 is 5.48 Å². The van der Waals surface area contributed by atoms with Gasteiger partial charge in [-0.2, -0.15) is 0 Å². The van der Waals surface area contributed by atoms with Crippen molar-refractivity contribution in [1.82, 2.24) is 30.2 Å². The number of halogens is 6. The summed E-state index contributed by atoms with van der Waals surface area (Å²) in [6, 6.07) is 1.78. The van der Waals surface area contributed by atoms with Crippen LogP contribution < -0.4 is 10.6 Å². The molecule has 0 amide bonds. The van der Waals surface area contributed by atoms with E-state index in [1.165, 1.54) is 117 Å². The number of piperazine rings is 2. The van der Waals surface area contributed by atoms with Crippen molar-refractivity contribution in [1.29, 1.82) is 0 Å². The number of rotatable bonds is 2. The Labute approximate surface area is 250 Å². The van der Waals surface area contributed by atoms with Crippen LogP contribution in [0.2, 0.25) is 0 Å². The maximum absolute atomic E-state index is 3.44. The van der Waals surface area contributed by atoms with Crippen LogP contribution in [-0.4, -0.2) is 129 Å². The second-order valence-electron chi connectivity index (χ2n) is 9.98. The first-order chi connectivity index (χ1) is 13.9. The van der Waals surface area contributed by atoms with Gasteiger partial charge in [-0.15, -0.1) is 74.4 Å². The van der Waals surface area contributed by atoms with Crippen LogP contribution >= 0.6 is 74.4 Å². The molecule has 13 heteroatoms. The van der Waals surface area contributed by atoms with E-state index in [1.807, 2.05) is 0 Å². The molecular weight excluding hydrogens is 577 g/mol. The summed E-state index contributed by atoms with van der Waals surface area (Å²) in [6.45, 7) is 18.1. The second-order valence-corrected chi connectivity index (χ2v) is 9.98. The number of hydrogen-bond acceptors (Lipinski definition) is 6. The van der Waals surface area contributed by atoms with Crippen LogP contribution in [0, 0.1) is 11.8 Å². The maximum atomic E-state index is 3.44. The highest BCUT2D eigenvalue weighted by atomic mass is 35.5. The molecule has 0 aromatic heterocycles. The monoisotopic (exact) mass is 624 g/mol. The van der Waals surface area contributed by atoms with Gasteiger partial charge < -0.3 is 25.9 Å². The van der Waals surface area contributed by atoms with E-state index < -0.39 is 0 Å². The Bertz CT molecular complexity index is 459. The van der Waals surface area contributed by atoms with Crippen molar-refractivity contribution in [2.45, 2.75) is 37.8 Å². The number of nitrogens with zero attached hydrogens (tertiary/aromatic N) is 4. The van der Waals surface area contributed by atoms with Gasteiger partial charge in [0.2, 0.25) is 0 Å². The summed E-state index contributed by atoms with van der Waals surface area (Å²) < 4.78 is 0. The molecule has 0 spiro atoms. The lowest BCUT2D eigenvalue weighted by atomic mass is 9.83. The molecule has 4 N–H and O–H groups in total. The van der Waals surface area contributed by atoms with Crippen LogP contribution in [0.5, 0.6) is 0 Å². The fourth-order valence-electron chi connectivity index (χ4n) is 6.72. The SMILES string of the molecule is C1CN(C2CN3CCC2CC3)CCN1.C1CN(C2CN3CCC2CC3)CCN1.Cl.Cl.Cl.Cl.Cl.Cl.O. The minimum absolute atomic E-state index is 0. The van der Waals surface area contributed by atoms with Crippen LogP contribution in [0.3, 0.4) is 0 Å². The second kappa shape index (κ2) is 20.4. The van der Waals surface area contributed by atoms with Crippen LogP contribution in [0.1, 0.15) is 25.7 Å². The third kappa shape index (κ3) is 10.5. The summed E-state index contributed by atoms with van der Waals surface area (Å²) in [7, 11) is 0. The van der Waals surface area contributed by atoms with E-state index in [0.717, 1.165) is 23.9 Å². The number of piperidine rings is 6. The topological polar surface area (TPSA) is 68.5 Å². The predicted octanol–water partition coefficient (Wildman–Crippen LogP) is 1.68. The highest BCUT2D eigenvalue weighted by molar-refractivity contribution is 5.86. The lowest BCUT2D eigenvalue weighted by Crippen LogP contribution is -2.60. The highest BCUT2D eigenvalue weighted by Gasteiger charge is 2.38. The first-order valence-electron chi connectivity index (χ1n) is 12.2. The van der Waals surface area contributed by atoms with Gasteiger partial charge in [-0.25, -0.2) is 0 Å². The molecule has 8 aliphatic heterocycles. The summed E-state index contributed by atoms with van der Waals surface area (Å²) in [5.41, 5.74) is 0. The lowest BCUT2D eigenvalue weighted by Gasteiger charge is -2.50. The van der Waals surface area contributed by atoms with Crippen molar-refractivity contribution in [3.8, 4) is 0 Å². The molecule has 0 aliphatic carbocycles.